The second-order valence-corrected chi connectivity index (χ2v) is 7.21. The number of rotatable bonds is 3. The predicted octanol–water partition coefficient (Wildman–Crippen LogP) is 2.28. The van der Waals surface area contributed by atoms with E-state index in [1.165, 1.54) is 0 Å². The molecule has 0 aromatic carbocycles. The van der Waals surface area contributed by atoms with E-state index in [1.807, 2.05) is 17.3 Å². The molecule has 1 amide bonds. The zero-order valence-corrected chi connectivity index (χ0v) is 14.9. The molecule has 134 valence electrons. The third-order valence-electron chi connectivity index (χ3n) is 5.23. The van der Waals surface area contributed by atoms with Crippen molar-refractivity contribution in [3.63, 3.8) is 0 Å². The van der Waals surface area contributed by atoms with E-state index in [0.717, 1.165) is 42.9 Å². The fourth-order valence-electron chi connectivity index (χ4n) is 3.89. The highest BCUT2D eigenvalue weighted by Gasteiger charge is 2.31. The number of likely N-dealkylation sites (tertiary alicyclic amines) is 1. The molecule has 7 heteroatoms. The molecule has 4 rings (SSSR count). The fraction of sp³-hybridized carbons (Fsp3) is 0.611. The maximum atomic E-state index is 13.0. The van der Waals surface area contributed by atoms with Gasteiger partial charge in [0.05, 0.1) is 13.2 Å². The summed E-state index contributed by atoms with van der Waals surface area (Å²) in [6, 6.07) is 0.374. The van der Waals surface area contributed by atoms with Crippen molar-refractivity contribution in [1.29, 1.82) is 0 Å². The van der Waals surface area contributed by atoms with Crippen molar-refractivity contribution in [2.24, 2.45) is 0 Å². The van der Waals surface area contributed by atoms with Crippen molar-refractivity contribution >= 4 is 5.91 Å². The molecule has 7 nitrogen and oxygen atoms in total. The van der Waals surface area contributed by atoms with E-state index in [1.54, 1.807) is 0 Å². The first kappa shape index (κ1) is 16.3. The van der Waals surface area contributed by atoms with Crippen LogP contribution < -0.4 is 0 Å². The van der Waals surface area contributed by atoms with Crippen molar-refractivity contribution in [2.75, 3.05) is 19.7 Å². The summed E-state index contributed by atoms with van der Waals surface area (Å²) in [5.41, 5.74) is 2.50. The third-order valence-corrected chi connectivity index (χ3v) is 5.23. The number of aromatic amines is 1. The van der Waals surface area contributed by atoms with Gasteiger partial charge >= 0.3 is 0 Å². The van der Waals surface area contributed by atoms with Gasteiger partial charge in [-0.2, -0.15) is 5.10 Å². The molecule has 2 aliphatic heterocycles. The van der Waals surface area contributed by atoms with Crippen LogP contribution >= 0.6 is 0 Å². The predicted molar refractivity (Wildman–Crippen MR) is 92.4 cm³/mol. The molecule has 0 aliphatic carbocycles. The lowest BCUT2D eigenvalue weighted by Crippen LogP contribution is -2.40. The van der Waals surface area contributed by atoms with Crippen LogP contribution in [0.2, 0.25) is 0 Å². The number of nitrogens with one attached hydrogen (secondary N) is 1. The molecule has 0 saturated carbocycles. The van der Waals surface area contributed by atoms with Gasteiger partial charge in [0.1, 0.15) is 5.82 Å². The summed E-state index contributed by atoms with van der Waals surface area (Å²) < 4.78 is 7.72. The normalized spacial score (nSPS) is 20.8. The Morgan fingerprint density at radius 3 is 3.16 bits per heavy atom. The highest BCUT2D eigenvalue weighted by molar-refractivity contribution is 5.94. The quantitative estimate of drug-likeness (QED) is 0.928. The van der Waals surface area contributed by atoms with Crippen LogP contribution in [-0.2, 0) is 17.8 Å². The lowest BCUT2D eigenvalue weighted by molar-refractivity contribution is 0.0685. The Morgan fingerprint density at radius 1 is 1.44 bits per heavy atom. The lowest BCUT2D eigenvalue weighted by Gasteiger charge is -2.33. The van der Waals surface area contributed by atoms with Crippen LogP contribution in [0.15, 0.2) is 12.4 Å². The summed E-state index contributed by atoms with van der Waals surface area (Å²) in [7, 11) is 0. The van der Waals surface area contributed by atoms with Crippen LogP contribution in [0.4, 0.5) is 0 Å². The lowest BCUT2D eigenvalue weighted by atomic mass is 9.96. The molecule has 2 aromatic heterocycles. The number of carbonyl (C=O) groups excluding carboxylic acids is 1. The molecule has 2 aliphatic rings. The van der Waals surface area contributed by atoms with Gasteiger partial charge in [0.2, 0.25) is 0 Å². The maximum absolute atomic E-state index is 13.0. The molecule has 2 aromatic rings. The summed E-state index contributed by atoms with van der Waals surface area (Å²) in [4.78, 5) is 19.5. The number of hydrogen-bond donors (Lipinski definition) is 1. The number of imidazole rings is 1. The van der Waals surface area contributed by atoms with Crippen LogP contribution in [0, 0.1) is 0 Å². The van der Waals surface area contributed by atoms with Crippen molar-refractivity contribution in [1.82, 2.24) is 24.6 Å². The third kappa shape index (κ3) is 2.97. The number of H-pyrrole nitrogens is 1. The van der Waals surface area contributed by atoms with Gasteiger partial charge in [-0.3, -0.25) is 9.89 Å². The second kappa shape index (κ2) is 6.63. The maximum Gasteiger partial charge on any atom is 0.274 e. The Bertz CT molecular complexity index is 763. The largest absolute Gasteiger partial charge is 0.376 e. The molecule has 25 heavy (non-hydrogen) atoms. The van der Waals surface area contributed by atoms with E-state index in [0.29, 0.717) is 31.5 Å². The Balaban J connectivity index is 1.54. The zero-order valence-electron chi connectivity index (χ0n) is 14.9. The molecular formula is C18H25N5O2. The molecule has 1 fully saturated rings. The van der Waals surface area contributed by atoms with E-state index in [9.17, 15) is 4.79 Å². The molecule has 4 heterocycles. The van der Waals surface area contributed by atoms with E-state index in [-0.39, 0.29) is 11.8 Å². The Morgan fingerprint density at radius 2 is 2.32 bits per heavy atom. The standard InChI is InChI=1S/C18H25N5O2/c1-12(2)23-8-6-19-17(23)13-4-3-7-22(10-13)18(24)16-14-11-25-9-5-15(14)20-21-16/h6,8,12-13H,3-5,7,9-11H2,1-2H3,(H,20,21). The van der Waals surface area contributed by atoms with Crippen LogP contribution in [0.5, 0.6) is 0 Å². The summed E-state index contributed by atoms with van der Waals surface area (Å²) >= 11 is 0. The molecule has 0 spiro atoms. The smallest absolute Gasteiger partial charge is 0.274 e. The first-order valence-corrected chi connectivity index (χ1v) is 9.11. The van der Waals surface area contributed by atoms with E-state index >= 15 is 0 Å². The van der Waals surface area contributed by atoms with Gasteiger partial charge in [-0.1, -0.05) is 0 Å². The molecule has 1 saturated heterocycles. The van der Waals surface area contributed by atoms with Gasteiger partial charge in [0.15, 0.2) is 5.69 Å². The highest BCUT2D eigenvalue weighted by atomic mass is 16.5. The first-order valence-electron chi connectivity index (χ1n) is 9.11. The number of carbonyl (C=O) groups is 1. The average molecular weight is 343 g/mol. The first-order chi connectivity index (χ1) is 12.1. The average Bonchev–Trinajstić information content (AvgIpc) is 3.28. The Hall–Kier alpha value is -2.15. The highest BCUT2D eigenvalue weighted by Crippen LogP contribution is 2.29. The molecule has 0 bridgehead atoms. The number of hydrogen-bond acceptors (Lipinski definition) is 4. The van der Waals surface area contributed by atoms with Gasteiger partial charge in [0, 0.05) is 55.1 Å². The van der Waals surface area contributed by atoms with Gasteiger partial charge < -0.3 is 14.2 Å². The summed E-state index contributed by atoms with van der Waals surface area (Å²) in [6.45, 7) is 6.96. The van der Waals surface area contributed by atoms with Crippen LogP contribution in [0.3, 0.4) is 0 Å². The number of nitrogens with zero attached hydrogens (tertiary/aromatic N) is 4. The number of ether oxygens (including phenoxy) is 1. The topological polar surface area (TPSA) is 76.0 Å². The number of piperidine rings is 1. The minimum absolute atomic E-state index is 0.00959. The monoisotopic (exact) mass is 343 g/mol. The van der Waals surface area contributed by atoms with Crippen LogP contribution in [0.1, 0.15) is 66.2 Å². The van der Waals surface area contributed by atoms with Crippen molar-refractivity contribution in [2.45, 2.75) is 51.7 Å². The summed E-state index contributed by atoms with van der Waals surface area (Å²) in [5.74, 6) is 1.37. The van der Waals surface area contributed by atoms with Crippen molar-refractivity contribution < 1.29 is 9.53 Å². The fourth-order valence-corrected chi connectivity index (χ4v) is 3.89. The molecular weight excluding hydrogens is 318 g/mol. The molecule has 0 radical (unpaired) electrons. The van der Waals surface area contributed by atoms with Crippen LogP contribution in [-0.4, -0.2) is 50.3 Å². The summed E-state index contributed by atoms with van der Waals surface area (Å²) in [5, 5.41) is 7.30. The minimum atomic E-state index is 0.00959. The van der Waals surface area contributed by atoms with E-state index < -0.39 is 0 Å². The number of aromatic nitrogens is 4. The van der Waals surface area contributed by atoms with Crippen molar-refractivity contribution in [3.05, 3.63) is 35.2 Å². The number of fused-ring (bicyclic) bond motifs is 1. The van der Waals surface area contributed by atoms with Gasteiger partial charge in [0.25, 0.3) is 5.91 Å². The minimum Gasteiger partial charge on any atom is -0.376 e. The van der Waals surface area contributed by atoms with Crippen LogP contribution in [0.25, 0.3) is 0 Å². The Kier molecular flexibility index (Phi) is 4.33. The summed E-state index contributed by atoms with van der Waals surface area (Å²) in [6.07, 6.45) is 6.74. The SMILES string of the molecule is CC(C)n1ccnc1C1CCCN(C(=O)c2n[nH]c3c2COCC3)C1. The van der Waals surface area contributed by atoms with Crippen molar-refractivity contribution in [3.8, 4) is 0 Å². The van der Waals surface area contributed by atoms with Gasteiger partial charge in [-0.05, 0) is 26.7 Å². The molecule has 1 unspecified atom stereocenters. The van der Waals surface area contributed by atoms with E-state index in [2.05, 4.69) is 33.6 Å². The van der Waals surface area contributed by atoms with Gasteiger partial charge in [-0.15, -0.1) is 0 Å². The molecule has 1 N–H and O–H groups in total. The second-order valence-electron chi connectivity index (χ2n) is 7.21. The molecule has 1 atom stereocenters. The zero-order chi connectivity index (χ0) is 17.4. The van der Waals surface area contributed by atoms with Gasteiger partial charge in [-0.25, -0.2) is 4.98 Å². The van der Waals surface area contributed by atoms with E-state index in [4.69, 9.17) is 4.74 Å². The number of amides is 1. The Labute approximate surface area is 147 Å².